The number of pyridine rings is 1. The molecule has 1 aromatic carbocycles. The lowest BCUT2D eigenvalue weighted by Gasteiger charge is -2.16. The highest BCUT2D eigenvalue weighted by Gasteiger charge is 2.35. The number of nitrogens with zero attached hydrogens (tertiary/aromatic N) is 2. The maximum Gasteiger partial charge on any atom is 0.433 e. The van der Waals surface area contributed by atoms with Gasteiger partial charge < -0.3 is 10.6 Å². The van der Waals surface area contributed by atoms with Gasteiger partial charge in [0.05, 0.1) is 5.52 Å². The third-order valence-corrected chi connectivity index (χ3v) is 3.05. The van der Waals surface area contributed by atoms with Crippen molar-refractivity contribution >= 4 is 22.3 Å². The lowest BCUT2D eigenvalue weighted by Crippen LogP contribution is -2.13. The minimum Gasteiger partial charge on any atom is -0.398 e. The Morgan fingerprint density at radius 1 is 1.21 bits per heavy atom. The van der Waals surface area contributed by atoms with E-state index in [4.69, 9.17) is 5.73 Å². The molecule has 0 fully saturated rings. The number of nitrogen functional groups attached to an aromatic ring is 1. The van der Waals surface area contributed by atoms with Crippen molar-refractivity contribution in [2.45, 2.75) is 13.1 Å². The zero-order valence-electron chi connectivity index (χ0n) is 10.8. The molecule has 1 aromatic heterocycles. The first-order chi connectivity index (χ1) is 8.71. The first-order valence-corrected chi connectivity index (χ1v) is 5.66. The maximum absolute atomic E-state index is 12.8. The van der Waals surface area contributed by atoms with Gasteiger partial charge in [-0.3, -0.25) is 0 Å². The second kappa shape index (κ2) is 4.29. The number of benzene rings is 1. The fourth-order valence-electron chi connectivity index (χ4n) is 1.93. The second-order valence-electron chi connectivity index (χ2n) is 4.59. The predicted molar refractivity (Wildman–Crippen MR) is 70.2 cm³/mol. The molecule has 0 atom stereocenters. The van der Waals surface area contributed by atoms with Crippen LogP contribution in [0.4, 0.5) is 24.5 Å². The highest BCUT2D eigenvalue weighted by Crippen LogP contribution is 2.36. The van der Waals surface area contributed by atoms with Crippen molar-refractivity contribution in [3.8, 4) is 0 Å². The van der Waals surface area contributed by atoms with E-state index >= 15 is 0 Å². The fourth-order valence-corrected chi connectivity index (χ4v) is 1.93. The van der Waals surface area contributed by atoms with Gasteiger partial charge in [0, 0.05) is 36.4 Å². The molecule has 1 heterocycles. The average Bonchev–Trinajstić information content (AvgIpc) is 2.31. The van der Waals surface area contributed by atoms with Crippen LogP contribution in [0.5, 0.6) is 0 Å². The number of alkyl halides is 3. The molecule has 2 rings (SSSR count). The molecule has 0 saturated carbocycles. The van der Waals surface area contributed by atoms with Gasteiger partial charge in [-0.25, -0.2) is 4.98 Å². The molecule has 0 saturated heterocycles. The molecule has 0 spiro atoms. The topological polar surface area (TPSA) is 42.2 Å². The summed E-state index contributed by atoms with van der Waals surface area (Å²) in [6.45, 7) is 1.34. The quantitative estimate of drug-likeness (QED) is 0.864. The molecule has 0 bridgehead atoms. The molecule has 6 heteroatoms. The van der Waals surface area contributed by atoms with E-state index in [1.807, 2.05) is 19.0 Å². The summed E-state index contributed by atoms with van der Waals surface area (Å²) in [6, 6.07) is 5.00. The van der Waals surface area contributed by atoms with Crippen LogP contribution < -0.4 is 10.6 Å². The number of hydrogen-bond acceptors (Lipinski definition) is 3. The predicted octanol–water partition coefficient (Wildman–Crippen LogP) is 3.21. The monoisotopic (exact) mass is 269 g/mol. The summed E-state index contributed by atoms with van der Waals surface area (Å²) in [7, 11) is 3.70. The van der Waals surface area contributed by atoms with Crippen molar-refractivity contribution in [1.82, 2.24) is 4.98 Å². The molecule has 3 nitrogen and oxygen atoms in total. The highest BCUT2D eigenvalue weighted by molar-refractivity contribution is 5.94. The molecule has 0 unspecified atom stereocenters. The molecule has 102 valence electrons. The Hall–Kier alpha value is -1.98. The van der Waals surface area contributed by atoms with Crippen molar-refractivity contribution in [1.29, 1.82) is 0 Å². The zero-order chi connectivity index (χ0) is 14.4. The molecule has 0 amide bonds. The number of rotatable bonds is 1. The second-order valence-corrected chi connectivity index (χ2v) is 4.59. The molecular weight excluding hydrogens is 255 g/mol. The zero-order valence-corrected chi connectivity index (χ0v) is 10.8. The van der Waals surface area contributed by atoms with Crippen LogP contribution in [-0.4, -0.2) is 19.1 Å². The summed E-state index contributed by atoms with van der Waals surface area (Å²) < 4.78 is 38.5. The number of fused-ring (bicyclic) bond motifs is 1. The molecule has 19 heavy (non-hydrogen) atoms. The summed E-state index contributed by atoms with van der Waals surface area (Å²) in [5, 5.41) is 0.539. The van der Waals surface area contributed by atoms with E-state index in [2.05, 4.69) is 4.98 Å². The first kappa shape index (κ1) is 13.5. The van der Waals surface area contributed by atoms with Gasteiger partial charge in [-0.15, -0.1) is 0 Å². The Bertz CT molecular complexity index is 633. The molecule has 0 radical (unpaired) electrons. The lowest BCUT2D eigenvalue weighted by atomic mass is 10.1. The molecule has 2 N–H and O–H groups in total. The van der Waals surface area contributed by atoms with E-state index in [-0.39, 0.29) is 16.8 Å². The van der Waals surface area contributed by atoms with Crippen molar-refractivity contribution in [2.24, 2.45) is 0 Å². The Morgan fingerprint density at radius 2 is 1.84 bits per heavy atom. The minimum atomic E-state index is -4.49. The van der Waals surface area contributed by atoms with E-state index in [1.54, 1.807) is 18.2 Å². The van der Waals surface area contributed by atoms with Gasteiger partial charge in [0.15, 0.2) is 0 Å². The number of hydrogen-bond donors (Lipinski definition) is 1. The van der Waals surface area contributed by atoms with Crippen LogP contribution in [0.25, 0.3) is 10.9 Å². The van der Waals surface area contributed by atoms with E-state index in [1.165, 1.54) is 6.92 Å². The van der Waals surface area contributed by atoms with Gasteiger partial charge in [0.1, 0.15) is 5.69 Å². The normalized spacial score (nSPS) is 11.9. The van der Waals surface area contributed by atoms with Crippen LogP contribution in [0.3, 0.4) is 0 Å². The summed E-state index contributed by atoms with van der Waals surface area (Å²) >= 11 is 0. The van der Waals surface area contributed by atoms with Crippen molar-refractivity contribution in [3.05, 3.63) is 29.5 Å². The van der Waals surface area contributed by atoms with Crippen LogP contribution in [0.2, 0.25) is 0 Å². The Morgan fingerprint density at radius 3 is 2.37 bits per heavy atom. The molecule has 0 aliphatic rings. The van der Waals surface area contributed by atoms with Crippen LogP contribution in [0.15, 0.2) is 18.2 Å². The van der Waals surface area contributed by atoms with Crippen molar-refractivity contribution < 1.29 is 13.2 Å². The van der Waals surface area contributed by atoms with Crippen molar-refractivity contribution in [3.63, 3.8) is 0 Å². The third-order valence-electron chi connectivity index (χ3n) is 3.05. The minimum absolute atomic E-state index is 0.0316. The highest BCUT2D eigenvalue weighted by atomic mass is 19.4. The third kappa shape index (κ3) is 2.30. The summed E-state index contributed by atoms with van der Waals surface area (Å²) in [5.41, 5.74) is 6.11. The van der Waals surface area contributed by atoms with E-state index in [0.717, 1.165) is 5.69 Å². The van der Waals surface area contributed by atoms with Gasteiger partial charge in [-0.2, -0.15) is 13.2 Å². The smallest absolute Gasteiger partial charge is 0.398 e. The van der Waals surface area contributed by atoms with Gasteiger partial charge in [-0.05, 0) is 25.1 Å². The molecule has 0 aliphatic carbocycles. The summed E-state index contributed by atoms with van der Waals surface area (Å²) in [4.78, 5) is 5.54. The average molecular weight is 269 g/mol. The molecule has 0 aliphatic heterocycles. The molecule has 2 aromatic rings. The summed E-state index contributed by atoms with van der Waals surface area (Å²) in [6.07, 6.45) is -4.49. The SMILES string of the molecule is Cc1c(C(F)(F)F)nc2ccc(N(C)C)cc2c1N. The standard InChI is InChI=1S/C13H14F3N3/c1-7-11(17)9-6-8(19(2)3)4-5-10(9)18-12(7)13(14,15)16/h4-6H,1-3H3,(H2,17,18). The fraction of sp³-hybridized carbons (Fsp3) is 0.308. The Balaban J connectivity index is 2.77. The lowest BCUT2D eigenvalue weighted by molar-refractivity contribution is -0.141. The van der Waals surface area contributed by atoms with Gasteiger partial charge >= 0.3 is 6.18 Å². The van der Waals surface area contributed by atoms with Crippen LogP contribution in [0, 0.1) is 6.92 Å². The van der Waals surface area contributed by atoms with Gasteiger partial charge in [-0.1, -0.05) is 0 Å². The van der Waals surface area contributed by atoms with E-state index in [0.29, 0.717) is 5.39 Å². The van der Waals surface area contributed by atoms with Crippen LogP contribution in [-0.2, 0) is 6.18 Å². The number of aromatic nitrogens is 1. The number of anilines is 2. The molecular formula is C13H14F3N3. The Labute approximate surface area is 108 Å². The van der Waals surface area contributed by atoms with E-state index in [9.17, 15) is 13.2 Å². The number of nitrogens with two attached hydrogens (primary N) is 1. The van der Waals surface area contributed by atoms with Crippen molar-refractivity contribution in [2.75, 3.05) is 24.7 Å². The van der Waals surface area contributed by atoms with Crippen LogP contribution >= 0.6 is 0 Å². The van der Waals surface area contributed by atoms with Gasteiger partial charge in [0.25, 0.3) is 0 Å². The van der Waals surface area contributed by atoms with E-state index < -0.39 is 11.9 Å². The first-order valence-electron chi connectivity index (χ1n) is 5.66. The maximum atomic E-state index is 12.8. The largest absolute Gasteiger partial charge is 0.433 e. The summed E-state index contributed by atoms with van der Waals surface area (Å²) in [5.74, 6) is 0. The number of halogens is 3. The Kier molecular flexibility index (Phi) is 3.04. The van der Waals surface area contributed by atoms with Crippen LogP contribution in [0.1, 0.15) is 11.3 Å². The van der Waals surface area contributed by atoms with Gasteiger partial charge in [0.2, 0.25) is 0 Å².